The van der Waals surface area contributed by atoms with Crippen LogP contribution in [0.1, 0.15) is 15.2 Å². The zero-order valence-electron chi connectivity index (χ0n) is 9.84. The van der Waals surface area contributed by atoms with Gasteiger partial charge in [-0.3, -0.25) is 9.78 Å². The summed E-state index contributed by atoms with van der Waals surface area (Å²) < 4.78 is 5.04. The van der Waals surface area contributed by atoms with Crippen molar-refractivity contribution in [2.45, 2.75) is 6.54 Å². The van der Waals surface area contributed by atoms with Crippen LogP contribution in [-0.2, 0) is 6.54 Å². The molecule has 94 valence electrons. The van der Waals surface area contributed by atoms with E-state index in [1.54, 1.807) is 29.9 Å². The van der Waals surface area contributed by atoms with Gasteiger partial charge in [0.15, 0.2) is 0 Å². The molecule has 18 heavy (non-hydrogen) atoms. The van der Waals surface area contributed by atoms with Gasteiger partial charge >= 0.3 is 0 Å². The number of amides is 1. The minimum Gasteiger partial charge on any atom is -0.495 e. The number of anilines is 1. The number of nitrogens with one attached hydrogen (secondary N) is 1. The molecular weight excluding hydrogens is 250 g/mol. The molecule has 6 heteroatoms. The molecule has 2 rings (SSSR count). The van der Waals surface area contributed by atoms with E-state index in [-0.39, 0.29) is 5.91 Å². The Bertz CT molecular complexity index is 540. The number of aromatic nitrogens is 1. The number of thiazole rings is 1. The van der Waals surface area contributed by atoms with E-state index in [1.807, 2.05) is 0 Å². The molecule has 3 N–H and O–H groups in total. The summed E-state index contributed by atoms with van der Waals surface area (Å²) in [5.74, 6) is 0.395. The molecule has 0 aliphatic carbocycles. The van der Waals surface area contributed by atoms with E-state index in [0.717, 1.165) is 4.88 Å². The first kappa shape index (κ1) is 12.4. The second-order valence-electron chi connectivity index (χ2n) is 3.61. The van der Waals surface area contributed by atoms with Gasteiger partial charge in [0.25, 0.3) is 5.91 Å². The lowest BCUT2D eigenvalue weighted by Gasteiger charge is -2.07. The number of carbonyl (C=O) groups is 1. The normalized spacial score (nSPS) is 10.1. The van der Waals surface area contributed by atoms with Crippen LogP contribution in [0.3, 0.4) is 0 Å². The Balaban J connectivity index is 2.02. The number of benzene rings is 1. The van der Waals surface area contributed by atoms with E-state index < -0.39 is 0 Å². The van der Waals surface area contributed by atoms with Crippen LogP contribution in [0.2, 0.25) is 0 Å². The molecule has 0 fully saturated rings. The second-order valence-corrected chi connectivity index (χ2v) is 4.58. The third-order valence-corrected chi connectivity index (χ3v) is 3.18. The van der Waals surface area contributed by atoms with E-state index in [4.69, 9.17) is 10.5 Å². The molecule has 5 nitrogen and oxygen atoms in total. The fourth-order valence-corrected chi connectivity index (χ4v) is 2.01. The zero-order chi connectivity index (χ0) is 13.0. The van der Waals surface area contributed by atoms with Crippen LogP contribution in [-0.4, -0.2) is 18.0 Å². The SMILES string of the molecule is COc1ccc(C(=O)NCc2cncs2)cc1N. The molecule has 0 saturated carbocycles. The standard InChI is InChI=1S/C12H13N3O2S/c1-17-11-3-2-8(4-10(11)13)12(16)15-6-9-5-14-7-18-9/h2-5,7H,6,13H2,1H3,(H,15,16). The molecule has 1 aromatic carbocycles. The van der Waals surface area contributed by atoms with Gasteiger partial charge in [-0.05, 0) is 18.2 Å². The van der Waals surface area contributed by atoms with Crippen molar-refractivity contribution in [2.75, 3.05) is 12.8 Å². The van der Waals surface area contributed by atoms with Crippen molar-refractivity contribution < 1.29 is 9.53 Å². The molecule has 0 saturated heterocycles. The van der Waals surface area contributed by atoms with Crippen molar-refractivity contribution in [1.29, 1.82) is 0 Å². The quantitative estimate of drug-likeness (QED) is 0.822. The van der Waals surface area contributed by atoms with Crippen LogP contribution in [0.15, 0.2) is 29.9 Å². The lowest BCUT2D eigenvalue weighted by atomic mass is 10.2. The molecule has 0 spiro atoms. The molecule has 1 aromatic heterocycles. The summed E-state index contributed by atoms with van der Waals surface area (Å²) in [6, 6.07) is 4.95. The van der Waals surface area contributed by atoms with Crippen LogP contribution in [0.4, 0.5) is 5.69 Å². The van der Waals surface area contributed by atoms with Gasteiger partial charge in [-0.1, -0.05) is 0 Å². The van der Waals surface area contributed by atoms with E-state index in [9.17, 15) is 4.79 Å². The van der Waals surface area contributed by atoms with E-state index in [1.165, 1.54) is 18.4 Å². The largest absolute Gasteiger partial charge is 0.495 e. The Labute approximate surface area is 109 Å². The maximum atomic E-state index is 11.9. The fraction of sp³-hybridized carbons (Fsp3) is 0.167. The number of methoxy groups -OCH3 is 1. The molecule has 1 amide bonds. The maximum Gasteiger partial charge on any atom is 0.251 e. The molecule has 0 unspecified atom stereocenters. The zero-order valence-corrected chi connectivity index (χ0v) is 10.7. The molecule has 0 radical (unpaired) electrons. The summed E-state index contributed by atoms with van der Waals surface area (Å²) in [5, 5.41) is 2.80. The average molecular weight is 263 g/mol. The van der Waals surface area contributed by atoms with Crippen molar-refractivity contribution in [3.05, 3.63) is 40.3 Å². The number of hydrogen-bond donors (Lipinski definition) is 2. The Hall–Kier alpha value is -2.08. The van der Waals surface area contributed by atoms with Gasteiger partial charge in [0.05, 0.1) is 24.9 Å². The van der Waals surface area contributed by atoms with Gasteiger partial charge < -0.3 is 15.8 Å². The summed E-state index contributed by atoms with van der Waals surface area (Å²) >= 11 is 1.50. The minimum atomic E-state index is -0.169. The predicted molar refractivity (Wildman–Crippen MR) is 70.7 cm³/mol. The topological polar surface area (TPSA) is 77.2 Å². The van der Waals surface area contributed by atoms with Crippen molar-refractivity contribution in [3.63, 3.8) is 0 Å². The van der Waals surface area contributed by atoms with Crippen LogP contribution in [0, 0.1) is 0 Å². The third-order valence-electron chi connectivity index (χ3n) is 2.40. The van der Waals surface area contributed by atoms with Gasteiger partial charge in [-0.25, -0.2) is 0 Å². The molecule has 1 heterocycles. The Morgan fingerprint density at radius 2 is 2.39 bits per heavy atom. The highest BCUT2D eigenvalue weighted by molar-refractivity contribution is 7.09. The monoisotopic (exact) mass is 263 g/mol. The lowest BCUT2D eigenvalue weighted by molar-refractivity contribution is 0.0951. The lowest BCUT2D eigenvalue weighted by Crippen LogP contribution is -2.22. The number of carbonyl (C=O) groups excluding carboxylic acids is 1. The summed E-state index contributed by atoms with van der Waals surface area (Å²) in [6.45, 7) is 0.468. The predicted octanol–water partition coefficient (Wildman–Crippen LogP) is 1.66. The summed E-state index contributed by atoms with van der Waals surface area (Å²) in [5.41, 5.74) is 8.44. The van der Waals surface area contributed by atoms with Gasteiger partial charge in [0.1, 0.15) is 5.75 Å². The van der Waals surface area contributed by atoms with Crippen LogP contribution >= 0.6 is 11.3 Å². The van der Waals surface area contributed by atoms with E-state index >= 15 is 0 Å². The maximum absolute atomic E-state index is 11.9. The Morgan fingerprint density at radius 1 is 1.56 bits per heavy atom. The van der Waals surface area contributed by atoms with Crippen LogP contribution in [0.25, 0.3) is 0 Å². The minimum absolute atomic E-state index is 0.169. The van der Waals surface area contributed by atoms with Gasteiger partial charge in [-0.2, -0.15) is 0 Å². The van der Waals surface area contributed by atoms with Crippen LogP contribution in [0.5, 0.6) is 5.75 Å². The molecular formula is C12H13N3O2S. The Kier molecular flexibility index (Phi) is 3.78. The average Bonchev–Trinajstić information content (AvgIpc) is 2.89. The molecule has 0 aliphatic heterocycles. The molecule has 0 bridgehead atoms. The van der Waals surface area contributed by atoms with Crippen molar-refractivity contribution in [3.8, 4) is 5.75 Å². The fourth-order valence-electron chi connectivity index (χ4n) is 1.47. The number of nitrogens with two attached hydrogens (primary N) is 1. The summed E-state index contributed by atoms with van der Waals surface area (Å²) in [6.07, 6.45) is 1.73. The first-order valence-corrected chi connectivity index (χ1v) is 6.17. The van der Waals surface area contributed by atoms with E-state index in [2.05, 4.69) is 10.3 Å². The van der Waals surface area contributed by atoms with Gasteiger partial charge in [-0.15, -0.1) is 11.3 Å². The number of hydrogen-bond acceptors (Lipinski definition) is 5. The number of rotatable bonds is 4. The highest BCUT2D eigenvalue weighted by Gasteiger charge is 2.08. The number of ether oxygens (including phenoxy) is 1. The summed E-state index contributed by atoms with van der Waals surface area (Å²) in [7, 11) is 1.54. The van der Waals surface area contributed by atoms with Crippen molar-refractivity contribution >= 4 is 22.9 Å². The number of nitrogens with zero attached hydrogens (tertiary/aromatic N) is 1. The second kappa shape index (κ2) is 5.50. The first-order chi connectivity index (χ1) is 8.70. The highest BCUT2D eigenvalue weighted by atomic mass is 32.1. The molecule has 0 atom stereocenters. The van der Waals surface area contributed by atoms with Crippen LogP contribution < -0.4 is 15.8 Å². The van der Waals surface area contributed by atoms with Crippen molar-refractivity contribution in [1.82, 2.24) is 10.3 Å². The van der Waals surface area contributed by atoms with Gasteiger partial charge in [0.2, 0.25) is 0 Å². The first-order valence-electron chi connectivity index (χ1n) is 5.30. The highest BCUT2D eigenvalue weighted by Crippen LogP contribution is 2.21. The number of nitrogen functional groups attached to an aromatic ring is 1. The molecule has 0 aliphatic rings. The Morgan fingerprint density at radius 3 is 3.00 bits per heavy atom. The molecule has 2 aromatic rings. The smallest absolute Gasteiger partial charge is 0.251 e. The van der Waals surface area contributed by atoms with Gasteiger partial charge in [0, 0.05) is 16.6 Å². The summed E-state index contributed by atoms with van der Waals surface area (Å²) in [4.78, 5) is 16.8. The van der Waals surface area contributed by atoms with Crippen molar-refractivity contribution in [2.24, 2.45) is 0 Å². The van der Waals surface area contributed by atoms with E-state index in [0.29, 0.717) is 23.5 Å². The third kappa shape index (κ3) is 2.78.